The lowest BCUT2D eigenvalue weighted by molar-refractivity contribution is -0.908. The summed E-state index contributed by atoms with van der Waals surface area (Å²) >= 11 is 0. The Kier molecular flexibility index (Phi) is 4.34. The number of nitrogens with one attached hydrogen (secondary N) is 1. The van der Waals surface area contributed by atoms with Gasteiger partial charge >= 0.3 is 0 Å². The summed E-state index contributed by atoms with van der Waals surface area (Å²) in [5.74, 6) is 0. The van der Waals surface area contributed by atoms with Gasteiger partial charge in [-0.15, -0.1) is 0 Å². The van der Waals surface area contributed by atoms with Crippen molar-refractivity contribution in [1.82, 2.24) is 0 Å². The average molecular weight is 222 g/mol. The second-order valence-electron chi connectivity index (χ2n) is 4.33. The number of aliphatic hydroxyl groups is 1. The number of hydrogen-bond acceptors (Lipinski definition) is 2. The lowest BCUT2D eigenvalue weighted by Gasteiger charge is -2.24. The van der Waals surface area contributed by atoms with Gasteiger partial charge in [-0.1, -0.05) is 30.3 Å². The van der Waals surface area contributed by atoms with Crippen LogP contribution in [0.1, 0.15) is 18.1 Å². The third kappa shape index (κ3) is 3.30. The molecule has 2 rings (SSSR count). The van der Waals surface area contributed by atoms with Crippen LogP contribution in [0.2, 0.25) is 0 Å². The molecule has 1 aromatic rings. The molecular weight excluding hydrogens is 202 g/mol. The molecule has 0 spiro atoms. The Hall–Kier alpha value is -0.900. The fourth-order valence-corrected chi connectivity index (χ4v) is 2.09. The molecular formula is C13H20NO2+. The zero-order valence-corrected chi connectivity index (χ0v) is 9.56. The Bertz CT molecular complexity index is 296. The molecule has 1 fully saturated rings. The summed E-state index contributed by atoms with van der Waals surface area (Å²) in [4.78, 5) is 1.54. The molecule has 0 radical (unpaired) electrons. The van der Waals surface area contributed by atoms with Gasteiger partial charge in [0.2, 0.25) is 0 Å². The number of quaternary nitrogens is 1. The topological polar surface area (TPSA) is 33.9 Å². The highest BCUT2D eigenvalue weighted by atomic mass is 16.5. The normalized spacial score (nSPS) is 19.6. The van der Waals surface area contributed by atoms with E-state index in [-0.39, 0.29) is 6.10 Å². The van der Waals surface area contributed by atoms with Gasteiger partial charge in [-0.05, 0) is 5.56 Å². The fraction of sp³-hybridized carbons (Fsp3) is 0.538. The number of ether oxygens (including phenoxy) is 1. The molecule has 88 valence electrons. The van der Waals surface area contributed by atoms with Crippen LogP contribution in [0.3, 0.4) is 0 Å². The molecule has 0 saturated carbocycles. The second kappa shape index (κ2) is 5.99. The molecule has 1 unspecified atom stereocenters. The molecule has 0 bridgehead atoms. The molecule has 1 aliphatic rings. The largest absolute Gasteiger partial charge is 0.388 e. The van der Waals surface area contributed by atoms with E-state index < -0.39 is 0 Å². The van der Waals surface area contributed by atoms with E-state index in [0.29, 0.717) is 0 Å². The van der Waals surface area contributed by atoms with Crippen LogP contribution in [0.15, 0.2) is 30.3 Å². The quantitative estimate of drug-likeness (QED) is 0.753. The minimum Gasteiger partial charge on any atom is -0.388 e. The Morgan fingerprint density at radius 1 is 1.19 bits per heavy atom. The Morgan fingerprint density at radius 2 is 1.88 bits per heavy atom. The number of morpholine rings is 1. The summed E-state index contributed by atoms with van der Waals surface area (Å²) in [6.07, 6.45) is 0.510. The summed E-state index contributed by atoms with van der Waals surface area (Å²) in [6, 6.07) is 9.89. The molecule has 1 saturated heterocycles. The van der Waals surface area contributed by atoms with E-state index >= 15 is 0 Å². The van der Waals surface area contributed by atoms with Crippen molar-refractivity contribution >= 4 is 0 Å². The van der Waals surface area contributed by atoms with Crippen molar-refractivity contribution < 1.29 is 14.7 Å². The molecule has 2 N–H and O–H groups in total. The fourth-order valence-electron chi connectivity index (χ4n) is 2.09. The Morgan fingerprint density at radius 3 is 2.56 bits per heavy atom. The molecule has 3 heteroatoms. The van der Waals surface area contributed by atoms with Crippen LogP contribution >= 0.6 is 0 Å². The lowest BCUT2D eigenvalue weighted by atomic mass is 10.1. The zero-order valence-electron chi connectivity index (χ0n) is 9.56. The number of aliphatic hydroxyl groups excluding tert-OH is 1. The van der Waals surface area contributed by atoms with Gasteiger partial charge in [0.05, 0.1) is 25.9 Å². The SMILES string of the molecule is OC(CC[NH+]1CCOCC1)c1ccccc1. The van der Waals surface area contributed by atoms with Crippen LogP contribution < -0.4 is 4.90 Å². The molecule has 1 atom stereocenters. The van der Waals surface area contributed by atoms with Crippen molar-refractivity contribution in [3.05, 3.63) is 35.9 Å². The Balaban J connectivity index is 1.77. The molecule has 0 aromatic heterocycles. The van der Waals surface area contributed by atoms with E-state index in [0.717, 1.165) is 44.8 Å². The number of hydrogen-bond donors (Lipinski definition) is 2. The molecule has 16 heavy (non-hydrogen) atoms. The minimum absolute atomic E-state index is 0.323. The third-order valence-corrected chi connectivity index (χ3v) is 3.16. The molecule has 3 nitrogen and oxygen atoms in total. The maximum Gasteiger partial charge on any atom is 0.101 e. The van der Waals surface area contributed by atoms with Crippen LogP contribution in [-0.2, 0) is 4.74 Å². The van der Waals surface area contributed by atoms with E-state index in [1.54, 1.807) is 4.90 Å². The summed E-state index contributed by atoms with van der Waals surface area (Å²) in [7, 11) is 0. The highest BCUT2D eigenvalue weighted by Crippen LogP contribution is 2.14. The van der Waals surface area contributed by atoms with Gasteiger partial charge in [0, 0.05) is 6.42 Å². The Labute approximate surface area is 96.6 Å². The van der Waals surface area contributed by atoms with E-state index in [1.165, 1.54) is 0 Å². The lowest BCUT2D eigenvalue weighted by Crippen LogP contribution is -3.14. The maximum absolute atomic E-state index is 10.0. The minimum atomic E-state index is -0.323. The number of rotatable bonds is 4. The van der Waals surface area contributed by atoms with Crippen LogP contribution in [0.4, 0.5) is 0 Å². The van der Waals surface area contributed by atoms with Crippen LogP contribution in [0.5, 0.6) is 0 Å². The van der Waals surface area contributed by atoms with Crippen molar-refractivity contribution in [3.63, 3.8) is 0 Å². The van der Waals surface area contributed by atoms with E-state index in [1.807, 2.05) is 30.3 Å². The van der Waals surface area contributed by atoms with E-state index in [4.69, 9.17) is 4.74 Å². The van der Waals surface area contributed by atoms with Gasteiger partial charge < -0.3 is 14.7 Å². The summed E-state index contributed by atoms with van der Waals surface area (Å²) in [6.45, 7) is 4.88. The predicted molar refractivity (Wildman–Crippen MR) is 62.4 cm³/mol. The first kappa shape index (κ1) is 11.6. The first-order chi connectivity index (χ1) is 7.86. The first-order valence-electron chi connectivity index (χ1n) is 6.00. The van der Waals surface area contributed by atoms with Crippen LogP contribution in [-0.4, -0.2) is 38.0 Å². The van der Waals surface area contributed by atoms with Gasteiger partial charge in [0.25, 0.3) is 0 Å². The van der Waals surface area contributed by atoms with Crippen molar-refractivity contribution in [2.45, 2.75) is 12.5 Å². The molecule has 1 aromatic carbocycles. The highest BCUT2D eigenvalue weighted by Gasteiger charge is 2.16. The van der Waals surface area contributed by atoms with Crippen LogP contribution in [0.25, 0.3) is 0 Å². The summed E-state index contributed by atoms with van der Waals surface area (Å²) < 4.78 is 5.31. The van der Waals surface area contributed by atoms with Gasteiger partial charge in [-0.2, -0.15) is 0 Å². The van der Waals surface area contributed by atoms with Crippen molar-refractivity contribution in [2.24, 2.45) is 0 Å². The predicted octanol–water partition coefficient (Wildman–Crippen LogP) is 0.0252. The van der Waals surface area contributed by atoms with E-state index in [2.05, 4.69) is 0 Å². The maximum atomic E-state index is 10.0. The van der Waals surface area contributed by atoms with Crippen LogP contribution in [0, 0.1) is 0 Å². The van der Waals surface area contributed by atoms with Gasteiger partial charge in [-0.3, -0.25) is 0 Å². The van der Waals surface area contributed by atoms with Crippen molar-refractivity contribution in [2.75, 3.05) is 32.8 Å². The second-order valence-corrected chi connectivity index (χ2v) is 4.33. The summed E-state index contributed by atoms with van der Waals surface area (Å²) in [5.41, 5.74) is 1.02. The van der Waals surface area contributed by atoms with Gasteiger partial charge in [0.1, 0.15) is 13.1 Å². The van der Waals surface area contributed by atoms with Gasteiger partial charge in [0.15, 0.2) is 0 Å². The van der Waals surface area contributed by atoms with Crippen molar-refractivity contribution in [3.8, 4) is 0 Å². The molecule has 0 amide bonds. The van der Waals surface area contributed by atoms with Gasteiger partial charge in [-0.25, -0.2) is 0 Å². The summed E-state index contributed by atoms with van der Waals surface area (Å²) in [5, 5.41) is 10.0. The number of benzene rings is 1. The molecule has 1 aliphatic heterocycles. The molecule has 1 heterocycles. The highest BCUT2D eigenvalue weighted by molar-refractivity contribution is 5.16. The zero-order chi connectivity index (χ0) is 11.2. The monoisotopic (exact) mass is 222 g/mol. The molecule has 0 aliphatic carbocycles. The average Bonchev–Trinajstić information content (AvgIpc) is 2.38. The smallest absolute Gasteiger partial charge is 0.101 e. The van der Waals surface area contributed by atoms with Crippen molar-refractivity contribution in [1.29, 1.82) is 0 Å². The standard InChI is InChI=1S/C13H19NO2/c15-13(12-4-2-1-3-5-12)6-7-14-8-10-16-11-9-14/h1-5,13,15H,6-11H2/p+1. The third-order valence-electron chi connectivity index (χ3n) is 3.16. The first-order valence-corrected chi connectivity index (χ1v) is 6.00. The van der Waals surface area contributed by atoms with E-state index in [9.17, 15) is 5.11 Å².